The van der Waals surface area contributed by atoms with Gasteiger partial charge >= 0.3 is 0 Å². The molecular formula is C9H20O8S4. The molecule has 8 nitrogen and oxygen atoms in total. The van der Waals surface area contributed by atoms with Crippen LogP contribution >= 0.6 is 0 Å². The quantitative estimate of drug-likeness (QED) is 0.519. The first-order chi connectivity index (χ1) is 9.09. The Balaban J connectivity index is 5.12. The van der Waals surface area contributed by atoms with Crippen molar-refractivity contribution in [3.8, 4) is 0 Å². The summed E-state index contributed by atoms with van der Waals surface area (Å²) in [7, 11) is -17.9. The number of hydrogen-bond donors (Lipinski definition) is 0. The van der Waals surface area contributed by atoms with E-state index in [0.29, 0.717) is 0 Å². The first-order valence-corrected chi connectivity index (χ1v) is 13.5. The molecule has 128 valence electrons. The van der Waals surface area contributed by atoms with Gasteiger partial charge in [0.15, 0.2) is 0 Å². The van der Waals surface area contributed by atoms with Gasteiger partial charge in [0.2, 0.25) is 0 Å². The van der Waals surface area contributed by atoms with E-state index in [-0.39, 0.29) is 0 Å². The lowest BCUT2D eigenvalue weighted by atomic mass is 10.6. The van der Waals surface area contributed by atoms with Gasteiger partial charge in [-0.2, -0.15) is 0 Å². The van der Waals surface area contributed by atoms with Crippen LogP contribution in [0.25, 0.3) is 0 Å². The highest BCUT2D eigenvalue weighted by molar-refractivity contribution is 8.67. The Labute approximate surface area is 125 Å². The summed E-state index contributed by atoms with van der Waals surface area (Å²) >= 11 is 0. The molecule has 0 N–H and O–H groups in total. The molecule has 0 aromatic heterocycles. The van der Waals surface area contributed by atoms with Gasteiger partial charge in [-0.1, -0.05) is 0 Å². The van der Waals surface area contributed by atoms with Gasteiger partial charge in [0, 0.05) is 0 Å². The molecule has 0 aromatic carbocycles. The van der Waals surface area contributed by atoms with Crippen molar-refractivity contribution in [1.82, 2.24) is 0 Å². The smallest absolute Gasteiger partial charge is 0.213 e. The predicted octanol–water partition coefficient (Wildman–Crippen LogP) is -0.317. The summed E-state index contributed by atoms with van der Waals surface area (Å²) in [5.74, 6) is -1.86. The highest BCUT2D eigenvalue weighted by atomic mass is 33.2. The van der Waals surface area contributed by atoms with Crippen LogP contribution in [0, 0.1) is 0 Å². The van der Waals surface area contributed by atoms with Crippen molar-refractivity contribution in [2.75, 3.05) is 11.5 Å². The molecule has 12 heteroatoms. The molecule has 0 aliphatic carbocycles. The normalized spacial score (nSPS) is 14.8. The van der Waals surface area contributed by atoms with Gasteiger partial charge < -0.3 is 0 Å². The Hall–Kier alpha value is -0.200. The zero-order valence-corrected chi connectivity index (χ0v) is 15.4. The average molecular weight is 385 g/mol. The van der Waals surface area contributed by atoms with Crippen LogP contribution in [0.3, 0.4) is 0 Å². The van der Waals surface area contributed by atoms with Crippen LogP contribution in [0.2, 0.25) is 0 Å². The Kier molecular flexibility index (Phi) is 6.44. The fourth-order valence-corrected chi connectivity index (χ4v) is 9.67. The fourth-order valence-electron chi connectivity index (χ4n) is 1.23. The van der Waals surface area contributed by atoms with Crippen LogP contribution in [0.15, 0.2) is 0 Å². The lowest BCUT2D eigenvalue weighted by molar-refractivity contribution is 0.573. The molecule has 0 aromatic rings. The van der Waals surface area contributed by atoms with Crippen LogP contribution in [0.1, 0.15) is 34.1 Å². The summed E-state index contributed by atoms with van der Waals surface area (Å²) in [6.07, 6.45) is -0.595. The molecule has 0 radical (unpaired) electrons. The van der Waals surface area contributed by atoms with Gasteiger partial charge in [0.1, 0.15) is 0 Å². The molecule has 0 saturated carbocycles. The van der Waals surface area contributed by atoms with E-state index >= 15 is 0 Å². The third-order valence-electron chi connectivity index (χ3n) is 2.65. The van der Waals surface area contributed by atoms with E-state index < -0.39 is 63.9 Å². The van der Waals surface area contributed by atoms with Gasteiger partial charge in [0.25, 0.3) is 35.5 Å². The second kappa shape index (κ2) is 6.50. The first kappa shape index (κ1) is 20.8. The lowest BCUT2D eigenvalue weighted by Gasteiger charge is -2.10. The topological polar surface area (TPSA) is 137 Å². The minimum Gasteiger partial charge on any atom is -0.213 e. The van der Waals surface area contributed by atoms with Gasteiger partial charge in [-0.3, -0.25) is 0 Å². The van der Waals surface area contributed by atoms with Crippen molar-refractivity contribution in [2.45, 2.75) is 44.6 Å². The van der Waals surface area contributed by atoms with Crippen molar-refractivity contribution in [1.29, 1.82) is 0 Å². The molecule has 0 saturated heterocycles. The van der Waals surface area contributed by atoms with Crippen LogP contribution in [0.4, 0.5) is 0 Å². The summed E-state index contributed by atoms with van der Waals surface area (Å²) in [6, 6.07) is 0. The molecule has 0 spiro atoms. The van der Waals surface area contributed by atoms with E-state index in [9.17, 15) is 33.7 Å². The monoisotopic (exact) mass is 384 g/mol. The minimum atomic E-state index is -4.53. The summed E-state index contributed by atoms with van der Waals surface area (Å²) in [5, 5.41) is -2.31. The Bertz CT molecular complexity index is 699. The van der Waals surface area contributed by atoms with Crippen LogP contribution < -0.4 is 0 Å². The molecule has 0 amide bonds. The van der Waals surface area contributed by atoms with Crippen molar-refractivity contribution in [3.63, 3.8) is 0 Å². The maximum atomic E-state index is 11.6. The second-order valence-corrected chi connectivity index (χ2v) is 17.7. The molecule has 0 fully saturated rings. The van der Waals surface area contributed by atoms with Gasteiger partial charge in [-0.15, -0.1) is 0 Å². The van der Waals surface area contributed by atoms with E-state index in [4.69, 9.17) is 0 Å². The van der Waals surface area contributed by atoms with Crippen LogP contribution in [-0.2, 0) is 35.5 Å². The van der Waals surface area contributed by atoms with E-state index in [1.54, 1.807) is 0 Å². The van der Waals surface area contributed by atoms with Gasteiger partial charge in [-0.25, -0.2) is 33.7 Å². The summed E-state index contributed by atoms with van der Waals surface area (Å²) in [4.78, 5) is 0. The van der Waals surface area contributed by atoms with Crippen molar-refractivity contribution >= 4 is 35.5 Å². The van der Waals surface area contributed by atoms with Gasteiger partial charge in [0.05, 0.1) is 22.0 Å². The molecule has 21 heavy (non-hydrogen) atoms. The maximum Gasteiger partial charge on any atom is 0.255 e. The molecule has 0 bridgehead atoms. The average Bonchev–Trinajstić information content (AvgIpc) is 2.27. The summed E-state index contributed by atoms with van der Waals surface area (Å²) < 4.78 is 92.8. The molecule has 0 unspecified atom stereocenters. The Morgan fingerprint density at radius 1 is 0.571 bits per heavy atom. The third-order valence-corrected chi connectivity index (χ3v) is 15.5. The number of rotatable bonds is 8. The fraction of sp³-hybridized carbons (Fsp3) is 1.00. The van der Waals surface area contributed by atoms with E-state index in [1.807, 2.05) is 0 Å². The lowest BCUT2D eigenvalue weighted by Crippen LogP contribution is -2.30. The van der Waals surface area contributed by atoms with Crippen molar-refractivity contribution in [2.24, 2.45) is 0 Å². The highest BCUT2D eigenvalue weighted by Crippen LogP contribution is 2.16. The van der Waals surface area contributed by atoms with Crippen molar-refractivity contribution < 1.29 is 33.7 Å². The van der Waals surface area contributed by atoms with Crippen molar-refractivity contribution in [3.05, 3.63) is 0 Å². The summed E-state index contributed by atoms with van der Waals surface area (Å²) in [6.45, 7) is 4.75. The molecule has 0 aliphatic rings. The Morgan fingerprint density at radius 3 is 1.00 bits per heavy atom. The van der Waals surface area contributed by atoms with E-state index in [0.717, 1.165) is 0 Å². The molecule has 0 atom stereocenters. The molecule has 0 heterocycles. The maximum absolute atomic E-state index is 11.6. The number of hydrogen-bond acceptors (Lipinski definition) is 8. The molecular weight excluding hydrogens is 364 g/mol. The summed E-state index contributed by atoms with van der Waals surface area (Å²) in [5.41, 5.74) is 0. The zero-order valence-electron chi connectivity index (χ0n) is 12.2. The van der Waals surface area contributed by atoms with E-state index in [2.05, 4.69) is 0 Å². The minimum absolute atomic E-state index is 0.595. The zero-order chi connectivity index (χ0) is 17.3. The largest absolute Gasteiger partial charge is 0.255 e. The first-order valence-electron chi connectivity index (χ1n) is 6.02. The highest BCUT2D eigenvalue weighted by Gasteiger charge is 2.36. The third kappa shape index (κ3) is 4.39. The standard InChI is InChI=1S/C9H20O8S4/c1-8(2)20(14,15)18(10,11)6-5-7-19(12,13)21(16,17)9(3)4/h8-9H,5-7H2,1-4H3. The van der Waals surface area contributed by atoms with Crippen LogP contribution in [-0.4, -0.2) is 55.7 Å². The second-order valence-electron chi connectivity index (χ2n) is 4.96. The van der Waals surface area contributed by atoms with Gasteiger partial charge in [-0.05, 0) is 34.1 Å². The Morgan fingerprint density at radius 2 is 0.810 bits per heavy atom. The molecule has 0 rings (SSSR count). The van der Waals surface area contributed by atoms with E-state index in [1.165, 1.54) is 27.7 Å². The van der Waals surface area contributed by atoms with Crippen LogP contribution in [0.5, 0.6) is 0 Å². The predicted molar refractivity (Wildman–Crippen MR) is 80.3 cm³/mol. The molecule has 0 aliphatic heterocycles. The SMILES string of the molecule is CC(C)S(=O)(=O)S(=O)(=O)CCCS(=O)(=O)S(=O)(=O)C(C)C.